The molecule has 0 aliphatic rings. The second-order valence-corrected chi connectivity index (χ2v) is 9.57. The van der Waals surface area contributed by atoms with Crippen molar-refractivity contribution in [3.8, 4) is 22.0 Å². The molecular weight excluding hydrogens is 421 g/mol. The van der Waals surface area contributed by atoms with E-state index in [4.69, 9.17) is 0 Å². The van der Waals surface area contributed by atoms with Gasteiger partial charge in [-0.3, -0.25) is 4.72 Å². The highest BCUT2D eigenvalue weighted by Crippen LogP contribution is 2.33. The Morgan fingerprint density at radius 2 is 1.80 bits per heavy atom. The van der Waals surface area contributed by atoms with E-state index in [0.29, 0.717) is 22.1 Å². The van der Waals surface area contributed by atoms with Gasteiger partial charge < -0.3 is 4.57 Å². The van der Waals surface area contributed by atoms with Crippen molar-refractivity contribution in [1.29, 1.82) is 0 Å². The quantitative estimate of drug-likeness (QED) is 0.453. The van der Waals surface area contributed by atoms with E-state index in [9.17, 15) is 12.8 Å². The predicted octanol–water partition coefficient (Wildman–Crippen LogP) is 5.37. The zero-order chi connectivity index (χ0) is 21.5. The number of thiazole rings is 1. The van der Waals surface area contributed by atoms with Crippen LogP contribution in [0.3, 0.4) is 0 Å². The Kier molecular flexibility index (Phi) is 5.21. The van der Waals surface area contributed by atoms with Crippen LogP contribution >= 0.6 is 11.3 Å². The molecule has 0 saturated carbocycles. The zero-order valence-corrected chi connectivity index (χ0v) is 18.3. The molecule has 0 aliphatic carbocycles. The third-order valence-corrected chi connectivity index (χ3v) is 7.27. The lowest BCUT2D eigenvalue weighted by molar-refractivity contribution is 0.600. The number of benzene rings is 2. The maximum Gasteiger partial charge on any atom is 0.263 e. The highest BCUT2D eigenvalue weighted by molar-refractivity contribution is 7.92. The first-order valence-electron chi connectivity index (χ1n) is 9.22. The van der Waals surface area contributed by atoms with E-state index in [0.717, 1.165) is 16.8 Å². The van der Waals surface area contributed by atoms with Gasteiger partial charge in [-0.2, -0.15) is 0 Å². The monoisotopic (exact) mass is 441 g/mol. The summed E-state index contributed by atoms with van der Waals surface area (Å²) in [4.78, 5) is 4.84. The van der Waals surface area contributed by atoms with Crippen LogP contribution < -0.4 is 4.72 Å². The number of anilines is 1. The van der Waals surface area contributed by atoms with Crippen LogP contribution in [0.15, 0.2) is 64.9 Å². The number of hydrogen-bond acceptors (Lipinski definition) is 4. The second-order valence-electron chi connectivity index (χ2n) is 7.06. The van der Waals surface area contributed by atoms with Crippen LogP contribution in [0.1, 0.15) is 11.3 Å². The van der Waals surface area contributed by atoms with E-state index < -0.39 is 10.0 Å². The molecule has 0 spiro atoms. The van der Waals surface area contributed by atoms with Crippen LogP contribution in [-0.4, -0.2) is 18.0 Å². The highest BCUT2D eigenvalue weighted by atomic mass is 32.2. The summed E-state index contributed by atoms with van der Waals surface area (Å²) in [6, 6.07) is 15.0. The molecule has 0 bridgehead atoms. The number of nitrogens with zero attached hydrogens (tertiary/aromatic N) is 2. The predicted molar refractivity (Wildman–Crippen MR) is 119 cm³/mol. The SMILES string of the molecule is Cc1cccc(NS(=O)(=O)c2cc(-c3nc(-c4ccc(F)cc4)cs3)n(C)c2C)c1. The van der Waals surface area contributed by atoms with E-state index in [1.165, 1.54) is 23.5 Å². The molecule has 154 valence electrons. The molecule has 0 aliphatic heterocycles. The third-order valence-electron chi connectivity index (χ3n) is 4.91. The molecule has 0 radical (unpaired) electrons. The molecule has 0 amide bonds. The fourth-order valence-corrected chi connectivity index (χ4v) is 5.43. The maximum absolute atomic E-state index is 13.2. The first kappa shape index (κ1) is 20.3. The van der Waals surface area contributed by atoms with Gasteiger partial charge in [0, 0.05) is 29.4 Å². The van der Waals surface area contributed by atoms with Crippen molar-refractivity contribution in [2.24, 2.45) is 7.05 Å². The van der Waals surface area contributed by atoms with Crippen LogP contribution in [0.5, 0.6) is 0 Å². The van der Waals surface area contributed by atoms with Gasteiger partial charge in [0.05, 0.1) is 11.4 Å². The average Bonchev–Trinajstić information content (AvgIpc) is 3.28. The fraction of sp³-hybridized carbons (Fsp3) is 0.136. The fourth-order valence-electron chi connectivity index (χ4n) is 3.21. The van der Waals surface area contributed by atoms with Gasteiger partial charge in [-0.15, -0.1) is 11.3 Å². The number of rotatable bonds is 5. The molecule has 8 heteroatoms. The van der Waals surface area contributed by atoms with Crippen molar-refractivity contribution in [3.05, 3.63) is 77.1 Å². The summed E-state index contributed by atoms with van der Waals surface area (Å²) in [7, 11) is -1.94. The molecule has 5 nitrogen and oxygen atoms in total. The second kappa shape index (κ2) is 7.70. The summed E-state index contributed by atoms with van der Waals surface area (Å²) in [5.74, 6) is -0.303. The Hall–Kier alpha value is -2.97. The smallest absolute Gasteiger partial charge is 0.263 e. The third kappa shape index (κ3) is 3.88. The van der Waals surface area contributed by atoms with Crippen LogP contribution in [0.4, 0.5) is 10.1 Å². The van der Waals surface area contributed by atoms with E-state index in [1.807, 2.05) is 36.1 Å². The summed E-state index contributed by atoms with van der Waals surface area (Å²) in [6.07, 6.45) is 0. The molecule has 0 fully saturated rings. The topological polar surface area (TPSA) is 64.0 Å². The van der Waals surface area contributed by atoms with E-state index in [2.05, 4.69) is 9.71 Å². The van der Waals surface area contributed by atoms with Crippen molar-refractivity contribution in [2.75, 3.05) is 4.72 Å². The first-order valence-corrected chi connectivity index (χ1v) is 11.6. The van der Waals surface area contributed by atoms with Crippen molar-refractivity contribution in [3.63, 3.8) is 0 Å². The lowest BCUT2D eigenvalue weighted by Gasteiger charge is -2.08. The number of halogens is 1. The lowest BCUT2D eigenvalue weighted by Crippen LogP contribution is -2.13. The van der Waals surface area contributed by atoms with Gasteiger partial charge in [0.25, 0.3) is 10.0 Å². The minimum absolute atomic E-state index is 0.208. The summed E-state index contributed by atoms with van der Waals surface area (Å²) >= 11 is 1.41. The number of aromatic nitrogens is 2. The number of nitrogens with one attached hydrogen (secondary N) is 1. The Bertz CT molecular complexity index is 1320. The van der Waals surface area contributed by atoms with Crippen molar-refractivity contribution in [1.82, 2.24) is 9.55 Å². The molecule has 2 aromatic carbocycles. The van der Waals surface area contributed by atoms with Crippen LogP contribution in [-0.2, 0) is 17.1 Å². The normalized spacial score (nSPS) is 11.6. The first-order chi connectivity index (χ1) is 14.2. The van der Waals surface area contributed by atoms with Gasteiger partial charge in [0.15, 0.2) is 0 Å². The van der Waals surface area contributed by atoms with E-state index in [-0.39, 0.29) is 10.7 Å². The molecule has 30 heavy (non-hydrogen) atoms. The van der Waals surface area contributed by atoms with Gasteiger partial charge in [-0.25, -0.2) is 17.8 Å². The minimum Gasteiger partial charge on any atom is -0.345 e. The Morgan fingerprint density at radius 1 is 1.07 bits per heavy atom. The Morgan fingerprint density at radius 3 is 2.50 bits per heavy atom. The summed E-state index contributed by atoms with van der Waals surface area (Å²) in [5, 5.41) is 2.57. The number of aryl methyl sites for hydroxylation is 1. The van der Waals surface area contributed by atoms with Crippen LogP contribution in [0.25, 0.3) is 22.0 Å². The zero-order valence-electron chi connectivity index (χ0n) is 16.7. The molecule has 0 saturated heterocycles. The average molecular weight is 442 g/mol. The molecule has 4 rings (SSSR count). The van der Waals surface area contributed by atoms with Gasteiger partial charge in [0.1, 0.15) is 15.7 Å². The summed E-state index contributed by atoms with van der Waals surface area (Å²) in [6.45, 7) is 3.67. The minimum atomic E-state index is -3.76. The molecule has 4 aromatic rings. The van der Waals surface area contributed by atoms with E-state index >= 15 is 0 Å². The lowest BCUT2D eigenvalue weighted by atomic mass is 10.2. The Labute approximate surface area is 178 Å². The highest BCUT2D eigenvalue weighted by Gasteiger charge is 2.23. The van der Waals surface area contributed by atoms with Crippen LogP contribution in [0.2, 0.25) is 0 Å². The van der Waals surface area contributed by atoms with E-state index in [1.54, 1.807) is 37.3 Å². The molecule has 1 N–H and O–H groups in total. The van der Waals surface area contributed by atoms with Crippen molar-refractivity contribution >= 4 is 27.0 Å². The number of hydrogen-bond donors (Lipinski definition) is 1. The molecule has 0 unspecified atom stereocenters. The largest absolute Gasteiger partial charge is 0.345 e. The van der Waals surface area contributed by atoms with Crippen molar-refractivity contribution < 1.29 is 12.8 Å². The maximum atomic E-state index is 13.2. The number of sulfonamides is 1. The van der Waals surface area contributed by atoms with Crippen molar-refractivity contribution in [2.45, 2.75) is 18.7 Å². The van der Waals surface area contributed by atoms with Gasteiger partial charge in [-0.1, -0.05) is 12.1 Å². The Balaban J connectivity index is 1.69. The molecule has 2 aromatic heterocycles. The summed E-state index contributed by atoms with van der Waals surface area (Å²) < 4.78 is 43.7. The standard InChI is InChI=1S/C22H20FN3O2S2/c1-14-5-4-6-18(11-14)25-30(27,28)21-12-20(26(3)15(21)2)22-24-19(13-29-22)16-7-9-17(23)10-8-16/h4-13,25H,1-3H3. The van der Waals surface area contributed by atoms with Gasteiger partial charge >= 0.3 is 0 Å². The summed E-state index contributed by atoms with van der Waals surface area (Å²) in [5.41, 5.74) is 4.33. The van der Waals surface area contributed by atoms with Gasteiger partial charge in [0.2, 0.25) is 0 Å². The van der Waals surface area contributed by atoms with Gasteiger partial charge in [-0.05, 0) is 61.9 Å². The van der Waals surface area contributed by atoms with Crippen LogP contribution in [0, 0.1) is 19.7 Å². The molecule has 0 atom stereocenters. The molecular formula is C22H20FN3O2S2. The molecule has 2 heterocycles.